The maximum Gasteiger partial charge on any atom is 0.268 e. The van der Waals surface area contributed by atoms with E-state index in [9.17, 15) is 4.79 Å². The first-order valence-corrected chi connectivity index (χ1v) is 8.83. The van der Waals surface area contributed by atoms with Crippen molar-refractivity contribution in [3.63, 3.8) is 0 Å². The number of H-pyrrole nitrogens is 1. The van der Waals surface area contributed by atoms with Gasteiger partial charge in [0.05, 0.1) is 12.1 Å². The van der Waals surface area contributed by atoms with E-state index >= 15 is 0 Å². The van der Waals surface area contributed by atoms with E-state index in [1.54, 1.807) is 0 Å². The molecular weight excluding hydrogens is 282 g/mol. The molecule has 0 unspecified atom stereocenters. The number of thiophene rings is 1. The molecule has 1 fully saturated rings. The summed E-state index contributed by atoms with van der Waals surface area (Å²) in [6.45, 7) is 5.27. The van der Waals surface area contributed by atoms with Crippen LogP contribution in [0.15, 0.2) is 16.2 Å². The number of likely N-dealkylation sites (tertiary alicyclic amines) is 1. The summed E-state index contributed by atoms with van der Waals surface area (Å²) in [5.41, 5.74) is 0.834. The monoisotopic (exact) mass is 305 g/mol. The maximum absolute atomic E-state index is 12.0. The van der Waals surface area contributed by atoms with Gasteiger partial charge in [0.25, 0.3) is 5.56 Å². The summed E-state index contributed by atoms with van der Waals surface area (Å²) in [5.74, 6) is 1.69. The van der Waals surface area contributed by atoms with Crippen molar-refractivity contribution < 1.29 is 0 Å². The Kier molecular flexibility index (Phi) is 4.70. The smallest absolute Gasteiger partial charge is 0.268 e. The summed E-state index contributed by atoms with van der Waals surface area (Å²) < 4.78 is 0.734. The molecular formula is C16H23N3OS. The lowest BCUT2D eigenvalue weighted by Gasteiger charge is -2.19. The molecule has 0 spiro atoms. The first kappa shape index (κ1) is 14.7. The third kappa shape index (κ3) is 3.52. The Hall–Kier alpha value is -1.20. The van der Waals surface area contributed by atoms with Crippen molar-refractivity contribution in [2.75, 3.05) is 13.1 Å². The number of fused-ring (bicyclic) bond motifs is 1. The van der Waals surface area contributed by atoms with Crippen LogP contribution in [0.25, 0.3) is 10.2 Å². The minimum atomic E-state index is 0.00341. The van der Waals surface area contributed by atoms with Gasteiger partial charge in [-0.3, -0.25) is 9.69 Å². The van der Waals surface area contributed by atoms with Crippen LogP contribution in [-0.4, -0.2) is 28.0 Å². The van der Waals surface area contributed by atoms with Gasteiger partial charge >= 0.3 is 0 Å². The van der Waals surface area contributed by atoms with Crippen molar-refractivity contribution in [1.29, 1.82) is 0 Å². The summed E-state index contributed by atoms with van der Waals surface area (Å²) in [7, 11) is 0. The SMILES string of the molecule is CCC[C@@H]1CCCN(Cc2nc3ccsc3c(=O)[nH]2)CC1. The van der Waals surface area contributed by atoms with E-state index in [4.69, 9.17) is 0 Å². The van der Waals surface area contributed by atoms with Gasteiger partial charge in [0.2, 0.25) is 0 Å². The summed E-state index contributed by atoms with van der Waals surface area (Å²) in [4.78, 5) is 22.0. The molecule has 21 heavy (non-hydrogen) atoms. The van der Waals surface area contributed by atoms with E-state index < -0.39 is 0 Å². The number of nitrogens with zero attached hydrogens (tertiary/aromatic N) is 2. The zero-order valence-corrected chi connectivity index (χ0v) is 13.4. The second kappa shape index (κ2) is 6.71. The van der Waals surface area contributed by atoms with Gasteiger partial charge in [-0.2, -0.15) is 0 Å². The molecule has 1 aliphatic rings. The van der Waals surface area contributed by atoms with Gasteiger partial charge < -0.3 is 4.98 Å². The zero-order chi connectivity index (χ0) is 14.7. The molecule has 5 heteroatoms. The van der Waals surface area contributed by atoms with E-state index in [1.165, 1.54) is 43.4 Å². The molecule has 1 aliphatic heterocycles. The van der Waals surface area contributed by atoms with Crippen LogP contribution >= 0.6 is 11.3 Å². The Labute approximate surface area is 129 Å². The molecule has 3 rings (SSSR count). The Morgan fingerprint density at radius 1 is 1.43 bits per heavy atom. The Balaban J connectivity index is 1.68. The highest BCUT2D eigenvalue weighted by atomic mass is 32.1. The van der Waals surface area contributed by atoms with Gasteiger partial charge in [-0.05, 0) is 49.7 Å². The Bertz CT molecular complexity index is 648. The minimum absolute atomic E-state index is 0.00341. The molecule has 0 amide bonds. The molecule has 3 heterocycles. The predicted molar refractivity (Wildman–Crippen MR) is 87.8 cm³/mol. The summed E-state index contributed by atoms with van der Waals surface area (Å²) in [5, 5.41) is 1.93. The van der Waals surface area contributed by atoms with Crippen molar-refractivity contribution in [2.24, 2.45) is 5.92 Å². The number of aromatic nitrogens is 2. The lowest BCUT2D eigenvalue weighted by atomic mass is 9.96. The van der Waals surface area contributed by atoms with Gasteiger partial charge in [0.1, 0.15) is 10.5 Å². The first-order valence-electron chi connectivity index (χ1n) is 7.95. The van der Waals surface area contributed by atoms with Gasteiger partial charge in [-0.1, -0.05) is 19.8 Å². The van der Waals surface area contributed by atoms with Crippen molar-refractivity contribution in [3.8, 4) is 0 Å². The molecule has 0 bridgehead atoms. The number of hydrogen-bond acceptors (Lipinski definition) is 4. The minimum Gasteiger partial charge on any atom is -0.308 e. The second-order valence-electron chi connectivity index (χ2n) is 6.01. The second-order valence-corrected chi connectivity index (χ2v) is 6.93. The fourth-order valence-electron chi connectivity index (χ4n) is 3.29. The number of nitrogens with one attached hydrogen (secondary N) is 1. The van der Waals surface area contributed by atoms with Gasteiger partial charge in [0, 0.05) is 0 Å². The van der Waals surface area contributed by atoms with Crippen LogP contribution in [0, 0.1) is 5.92 Å². The van der Waals surface area contributed by atoms with E-state index in [0.29, 0.717) is 0 Å². The molecule has 0 aliphatic carbocycles. The predicted octanol–water partition coefficient (Wildman–Crippen LogP) is 3.39. The van der Waals surface area contributed by atoms with Crippen LogP contribution < -0.4 is 5.56 Å². The highest BCUT2D eigenvalue weighted by Crippen LogP contribution is 2.22. The van der Waals surface area contributed by atoms with Crippen molar-refractivity contribution in [1.82, 2.24) is 14.9 Å². The van der Waals surface area contributed by atoms with E-state index in [-0.39, 0.29) is 5.56 Å². The van der Waals surface area contributed by atoms with Crippen LogP contribution in [0.1, 0.15) is 44.9 Å². The third-order valence-corrected chi connectivity index (χ3v) is 5.28. The van der Waals surface area contributed by atoms with Crippen LogP contribution in [-0.2, 0) is 6.54 Å². The lowest BCUT2D eigenvalue weighted by molar-refractivity contribution is 0.265. The largest absolute Gasteiger partial charge is 0.308 e. The average molecular weight is 305 g/mol. The van der Waals surface area contributed by atoms with Crippen LogP contribution in [0.3, 0.4) is 0 Å². The van der Waals surface area contributed by atoms with Crippen LogP contribution in [0.4, 0.5) is 0 Å². The van der Waals surface area contributed by atoms with E-state index in [1.807, 2.05) is 11.4 Å². The summed E-state index contributed by atoms with van der Waals surface area (Å²) in [6, 6.07) is 1.93. The molecule has 2 aromatic rings. The van der Waals surface area contributed by atoms with E-state index in [0.717, 1.165) is 41.6 Å². The molecule has 0 aromatic carbocycles. The van der Waals surface area contributed by atoms with Crippen molar-refractivity contribution >= 4 is 21.6 Å². The molecule has 114 valence electrons. The Morgan fingerprint density at radius 3 is 3.19 bits per heavy atom. The van der Waals surface area contributed by atoms with Gasteiger partial charge in [-0.25, -0.2) is 4.98 Å². The quantitative estimate of drug-likeness (QED) is 0.942. The normalized spacial score (nSPS) is 20.7. The summed E-state index contributed by atoms with van der Waals surface area (Å²) in [6.07, 6.45) is 6.52. The van der Waals surface area contributed by atoms with Crippen LogP contribution in [0.5, 0.6) is 0 Å². The van der Waals surface area contributed by atoms with Crippen LogP contribution in [0.2, 0.25) is 0 Å². The molecule has 0 radical (unpaired) electrons. The lowest BCUT2D eigenvalue weighted by Crippen LogP contribution is -2.26. The maximum atomic E-state index is 12.0. The highest BCUT2D eigenvalue weighted by Gasteiger charge is 2.17. The molecule has 1 saturated heterocycles. The molecule has 1 N–H and O–H groups in total. The topological polar surface area (TPSA) is 49.0 Å². The fourth-order valence-corrected chi connectivity index (χ4v) is 4.01. The average Bonchev–Trinajstić information content (AvgIpc) is 2.83. The molecule has 0 saturated carbocycles. The van der Waals surface area contributed by atoms with Gasteiger partial charge in [0.15, 0.2) is 0 Å². The number of rotatable bonds is 4. The fraction of sp³-hybridized carbons (Fsp3) is 0.625. The first-order chi connectivity index (χ1) is 10.3. The Morgan fingerprint density at radius 2 is 2.33 bits per heavy atom. The molecule has 4 nitrogen and oxygen atoms in total. The zero-order valence-electron chi connectivity index (χ0n) is 12.6. The molecule has 2 aromatic heterocycles. The number of aromatic amines is 1. The standard InChI is InChI=1S/C16H23N3OS/c1-2-4-12-5-3-8-19(9-6-12)11-14-17-13-7-10-21-15(13)16(20)18-14/h7,10,12H,2-6,8-9,11H2,1H3,(H,17,18,20)/t12-/m1/s1. The van der Waals surface area contributed by atoms with Crippen molar-refractivity contribution in [2.45, 2.75) is 45.6 Å². The van der Waals surface area contributed by atoms with Gasteiger partial charge in [-0.15, -0.1) is 11.3 Å². The molecule has 1 atom stereocenters. The third-order valence-electron chi connectivity index (χ3n) is 4.37. The van der Waals surface area contributed by atoms with Crippen molar-refractivity contribution in [3.05, 3.63) is 27.6 Å². The summed E-state index contributed by atoms with van der Waals surface area (Å²) >= 11 is 1.46. The highest BCUT2D eigenvalue weighted by molar-refractivity contribution is 7.17. The van der Waals surface area contributed by atoms with E-state index in [2.05, 4.69) is 21.8 Å². The number of hydrogen-bond donors (Lipinski definition) is 1.